The van der Waals surface area contributed by atoms with Crippen LogP contribution >= 0.6 is 0 Å². The number of para-hydroxylation sites is 1. The van der Waals surface area contributed by atoms with Crippen LogP contribution in [0.15, 0.2) is 42.5 Å². The molecule has 2 aliphatic rings. The molecule has 0 aliphatic carbocycles. The van der Waals surface area contributed by atoms with Crippen molar-refractivity contribution in [2.45, 2.75) is 44.5 Å². The summed E-state index contributed by atoms with van der Waals surface area (Å²) in [5.74, 6) is -1.24. The van der Waals surface area contributed by atoms with Gasteiger partial charge in [-0.15, -0.1) is 0 Å². The maximum Gasteiger partial charge on any atom is 0.526 e. The maximum atomic E-state index is 12.6. The van der Waals surface area contributed by atoms with Crippen molar-refractivity contribution < 1.29 is 24.4 Å². The van der Waals surface area contributed by atoms with E-state index in [0.29, 0.717) is 18.4 Å². The van der Waals surface area contributed by atoms with Gasteiger partial charge in [0, 0.05) is 25.2 Å². The number of ketones is 1. The van der Waals surface area contributed by atoms with Crippen LogP contribution in [-0.2, 0) is 24.2 Å². The Morgan fingerprint density at radius 1 is 1.07 bits per heavy atom. The zero-order valence-electron chi connectivity index (χ0n) is 16.9. The average molecular weight is 407 g/mol. The van der Waals surface area contributed by atoms with E-state index in [1.807, 2.05) is 12.1 Å². The highest BCUT2D eigenvalue weighted by Gasteiger charge is 2.37. The van der Waals surface area contributed by atoms with Crippen molar-refractivity contribution in [3.63, 3.8) is 0 Å². The van der Waals surface area contributed by atoms with E-state index in [4.69, 9.17) is 4.65 Å². The van der Waals surface area contributed by atoms with E-state index in [0.717, 1.165) is 25.2 Å². The molecule has 2 N–H and O–H groups in total. The highest BCUT2D eigenvalue weighted by atomic mass is 16.5. The van der Waals surface area contributed by atoms with Gasteiger partial charge in [-0.25, -0.2) is 4.79 Å². The second-order valence-corrected chi connectivity index (χ2v) is 8.29. The molecule has 4 rings (SSSR count). The first-order valence-corrected chi connectivity index (χ1v) is 10.5. The van der Waals surface area contributed by atoms with E-state index in [-0.39, 0.29) is 29.3 Å². The van der Waals surface area contributed by atoms with Crippen LogP contribution < -0.4 is 4.65 Å². The Morgan fingerprint density at radius 3 is 2.47 bits per heavy atom. The number of hydrogen-bond acceptors (Lipinski definition) is 5. The van der Waals surface area contributed by atoms with Crippen LogP contribution in [0.25, 0.3) is 0 Å². The highest BCUT2D eigenvalue weighted by molar-refractivity contribution is 6.47. The molecule has 0 radical (unpaired) electrons. The van der Waals surface area contributed by atoms with Gasteiger partial charge in [0.25, 0.3) is 0 Å². The van der Waals surface area contributed by atoms with Gasteiger partial charge in [-0.2, -0.15) is 0 Å². The molecule has 0 bridgehead atoms. The van der Waals surface area contributed by atoms with E-state index in [1.54, 1.807) is 12.1 Å². The number of carbonyl (C=O) groups is 2. The van der Waals surface area contributed by atoms with E-state index >= 15 is 0 Å². The van der Waals surface area contributed by atoms with Gasteiger partial charge in [0.05, 0.1) is 5.56 Å². The molecule has 30 heavy (non-hydrogen) atoms. The molecular formula is C23H26BNO5. The molecule has 2 aliphatic heterocycles. The Labute approximate surface area is 176 Å². The minimum Gasteiger partial charge on any atom is -0.535 e. The summed E-state index contributed by atoms with van der Waals surface area (Å²) in [5, 5.41) is 19.6. The van der Waals surface area contributed by atoms with Gasteiger partial charge in [-0.05, 0) is 55.1 Å². The number of fused-ring (bicyclic) bond motifs is 1. The standard InChI is InChI=1S/C23H26BNO5/c26-20(12-16-6-8-17(9-7-16)15-25-10-1-2-11-25)14-19-13-18-4-3-5-21(23(27)28)22(18)30-24(19)29/h3-9,19,29H,1-2,10-15H2,(H,27,28)/t19-/m1/s1. The van der Waals surface area contributed by atoms with Crippen molar-refractivity contribution in [3.05, 3.63) is 64.7 Å². The SMILES string of the molecule is O=C(Cc1ccc(CN2CCCC2)cc1)C[C@H]1Cc2cccc(C(=O)O)c2OB1O. The number of likely N-dealkylation sites (tertiary alicyclic amines) is 1. The van der Waals surface area contributed by atoms with Gasteiger partial charge in [0.15, 0.2) is 0 Å². The third kappa shape index (κ3) is 4.74. The van der Waals surface area contributed by atoms with Gasteiger partial charge in [0.2, 0.25) is 0 Å². The molecule has 1 saturated heterocycles. The fraction of sp³-hybridized carbons (Fsp3) is 0.391. The number of carboxylic acid groups (broad SMARTS) is 1. The van der Waals surface area contributed by atoms with Crippen LogP contribution in [-0.4, -0.2) is 47.0 Å². The zero-order chi connectivity index (χ0) is 21.1. The fourth-order valence-corrected chi connectivity index (χ4v) is 4.38. The third-order valence-electron chi connectivity index (χ3n) is 5.97. The lowest BCUT2D eigenvalue weighted by Crippen LogP contribution is -2.36. The van der Waals surface area contributed by atoms with Gasteiger partial charge in [-0.1, -0.05) is 36.4 Å². The topological polar surface area (TPSA) is 87.1 Å². The molecule has 2 aromatic rings. The van der Waals surface area contributed by atoms with Gasteiger partial charge in [-0.3, -0.25) is 9.69 Å². The van der Waals surface area contributed by atoms with Crippen molar-refractivity contribution in [3.8, 4) is 5.75 Å². The smallest absolute Gasteiger partial charge is 0.526 e. The Kier molecular flexibility index (Phi) is 6.20. The molecule has 156 valence electrons. The molecule has 0 amide bonds. The Morgan fingerprint density at radius 2 is 1.77 bits per heavy atom. The monoisotopic (exact) mass is 407 g/mol. The summed E-state index contributed by atoms with van der Waals surface area (Å²) in [5.41, 5.74) is 2.97. The molecular weight excluding hydrogens is 381 g/mol. The molecule has 0 unspecified atom stereocenters. The first-order chi connectivity index (χ1) is 14.5. The number of aromatic carboxylic acids is 1. The Hall–Kier alpha value is -2.64. The van der Waals surface area contributed by atoms with E-state index in [1.165, 1.54) is 24.5 Å². The highest BCUT2D eigenvalue weighted by Crippen LogP contribution is 2.36. The van der Waals surface area contributed by atoms with Crippen molar-refractivity contribution in [1.82, 2.24) is 4.90 Å². The third-order valence-corrected chi connectivity index (χ3v) is 5.97. The second kappa shape index (κ2) is 9.02. The number of rotatable bonds is 7. The lowest BCUT2D eigenvalue weighted by Gasteiger charge is -2.28. The average Bonchev–Trinajstić information content (AvgIpc) is 3.22. The van der Waals surface area contributed by atoms with Crippen molar-refractivity contribution in [2.24, 2.45) is 0 Å². The summed E-state index contributed by atoms with van der Waals surface area (Å²) in [6.45, 7) is 3.27. The minimum atomic E-state index is -1.19. The molecule has 7 heteroatoms. The normalized spacial score (nSPS) is 18.7. The van der Waals surface area contributed by atoms with Gasteiger partial charge in [0.1, 0.15) is 11.5 Å². The molecule has 0 aromatic heterocycles. The molecule has 1 fully saturated rings. The summed E-state index contributed by atoms with van der Waals surface area (Å²) >= 11 is 0. The van der Waals surface area contributed by atoms with Crippen molar-refractivity contribution in [1.29, 1.82) is 0 Å². The summed E-state index contributed by atoms with van der Waals surface area (Å²) in [4.78, 5) is 26.4. The van der Waals surface area contributed by atoms with Gasteiger partial charge >= 0.3 is 13.1 Å². The first kappa shape index (κ1) is 20.6. The Balaban J connectivity index is 1.35. The Bertz CT molecular complexity index is 924. The lowest BCUT2D eigenvalue weighted by molar-refractivity contribution is -0.118. The maximum absolute atomic E-state index is 12.6. The van der Waals surface area contributed by atoms with Crippen LogP contribution in [0.1, 0.15) is 46.3 Å². The quantitative estimate of drug-likeness (QED) is 0.687. The molecule has 0 saturated carbocycles. The van der Waals surface area contributed by atoms with Crippen LogP contribution in [0.2, 0.25) is 5.82 Å². The molecule has 0 spiro atoms. The van der Waals surface area contributed by atoms with Crippen LogP contribution in [0.4, 0.5) is 0 Å². The second-order valence-electron chi connectivity index (χ2n) is 8.29. The van der Waals surface area contributed by atoms with Crippen LogP contribution in [0.3, 0.4) is 0 Å². The minimum absolute atomic E-state index is 0.0327. The number of carbonyl (C=O) groups excluding carboxylic acids is 1. The van der Waals surface area contributed by atoms with E-state index in [2.05, 4.69) is 17.0 Å². The van der Waals surface area contributed by atoms with Gasteiger partial charge < -0.3 is 14.8 Å². The first-order valence-electron chi connectivity index (χ1n) is 10.5. The predicted molar refractivity (Wildman–Crippen MR) is 114 cm³/mol. The number of nitrogens with zero attached hydrogens (tertiary/aromatic N) is 1. The lowest BCUT2D eigenvalue weighted by atomic mass is 9.64. The zero-order valence-corrected chi connectivity index (χ0v) is 16.9. The summed E-state index contributed by atoms with van der Waals surface area (Å²) in [6, 6.07) is 13.1. The molecule has 1 atom stereocenters. The molecule has 6 nitrogen and oxygen atoms in total. The summed E-state index contributed by atoms with van der Waals surface area (Å²) in [7, 11) is -1.19. The molecule has 2 heterocycles. The van der Waals surface area contributed by atoms with E-state index < -0.39 is 13.1 Å². The largest absolute Gasteiger partial charge is 0.535 e. The van der Waals surface area contributed by atoms with Crippen molar-refractivity contribution >= 4 is 18.9 Å². The van der Waals surface area contributed by atoms with Crippen LogP contribution in [0, 0.1) is 0 Å². The summed E-state index contributed by atoms with van der Waals surface area (Å²) in [6.07, 6.45) is 3.46. The predicted octanol–water partition coefficient (Wildman–Crippen LogP) is 2.97. The van der Waals surface area contributed by atoms with Crippen molar-refractivity contribution in [2.75, 3.05) is 13.1 Å². The number of Topliss-reactive ketones (excluding diaryl/α,β-unsaturated/α-hetero) is 1. The number of carboxylic acids is 1. The number of benzene rings is 2. The fourth-order valence-electron chi connectivity index (χ4n) is 4.38. The number of hydrogen-bond donors (Lipinski definition) is 2. The van der Waals surface area contributed by atoms with Crippen LogP contribution in [0.5, 0.6) is 5.75 Å². The van der Waals surface area contributed by atoms with E-state index in [9.17, 15) is 19.7 Å². The summed E-state index contributed by atoms with van der Waals surface area (Å²) < 4.78 is 5.48. The molecule has 2 aromatic carbocycles.